The van der Waals surface area contributed by atoms with Gasteiger partial charge in [0.2, 0.25) is 5.95 Å². The Balaban J connectivity index is 1.69. The smallest absolute Gasteiger partial charge is 0.228 e. The number of hydrogen-bond donors (Lipinski definition) is 1. The van der Waals surface area contributed by atoms with E-state index in [2.05, 4.69) is 11.8 Å². The van der Waals surface area contributed by atoms with Gasteiger partial charge in [0.1, 0.15) is 17.4 Å². The summed E-state index contributed by atoms with van der Waals surface area (Å²) in [7, 11) is 1.62. The van der Waals surface area contributed by atoms with Gasteiger partial charge in [0.05, 0.1) is 23.9 Å². The number of nitrogens with two attached hydrogens (primary N) is 1. The highest BCUT2D eigenvalue weighted by Crippen LogP contribution is 2.34. The summed E-state index contributed by atoms with van der Waals surface area (Å²) in [5, 5.41) is 5.31. The van der Waals surface area contributed by atoms with E-state index < -0.39 is 0 Å². The van der Waals surface area contributed by atoms with Crippen molar-refractivity contribution in [3.8, 4) is 22.7 Å². The highest BCUT2D eigenvalue weighted by Gasteiger charge is 2.23. The molecule has 0 atom stereocenters. The molecule has 0 unspecified atom stereocenters. The van der Waals surface area contributed by atoms with Crippen LogP contribution in [0.15, 0.2) is 48.5 Å². The molecule has 32 heavy (non-hydrogen) atoms. The van der Waals surface area contributed by atoms with E-state index >= 15 is 0 Å². The van der Waals surface area contributed by atoms with Crippen LogP contribution < -0.4 is 15.4 Å². The third-order valence-corrected chi connectivity index (χ3v) is 6.04. The minimum absolute atomic E-state index is 0.330. The molecule has 0 radical (unpaired) electrons. The number of benzene rings is 2. The number of rotatable bonds is 4. The zero-order valence-corrected chi connectivity index (χ0v) is 18.1. The first-order chi connectivity index (χ1) is 15.5. The number of anilines is 2. The SMILES string of the molecule is COc1ccc(-n2nc3nc(N4CCC(C)CC4)nc(-c4cccc(F)c4)c3c2N)cc1. The van der Waals surface area contributed by atoms with Gasteiger partial charge in [0, 0.05) is 18.7 Å². The molecule has 1 fully saturated rings. The lowest BCUT2D eigenvalue weighted by atomic mass is 9.99. The molecule has 1 aliphatic heterocycles. The van der Waals surface area contributed by atoms with Crippen LogP contribution in [-0.2, 0) is 0 Å². The van der Waals surface area contributed by atoms with Gasteiger partial charge < -0.3 is 15.4 Å². The summed E-state index contributed by atoms with van der Waals surface area (Å²) >= 11 is 0. The lowest BCUT2D eigenvalue weighted by Gasteiger charge is -2.30. The zero-order valence-electron chi connectivity index (χ0n) is 18.1. The second-order valence-corrected chi connectivity index (χ2v) is 8.25. The van der Waals surface area contributed by atoms with Crippen LogP contribution in [0.2, 0.25) is 0 Å². The minimum atomic E-state index is -0.330. The van der Waals surface area contributed by atoms with Crippen LogP contribution in [0.3, 0.4) is 0 Å². The van der Waals surface area contributed by atoms with E-state index in [1.165, 1.54) is 12.1 Å². The minimum Gasteiger partial charge on any atom is -0.497 e. The Kier molecular flexibility index (Phi) is 5.13. The van der Waals surface area contributed by atoms with Crippen molar-refractivity contribution in [2.45, 2.75) is 19.8 Å². The number of nitrogen functional groups attached to an aromatic ring is 1. The van der Waals surface area contributed by atoms with Crippen LogP contribution in [0.4, 0.5) is 16.2 Å². The van der Waals surface area contributed by atoms with E-state index in [4.69, 9.17) is 25.5 Å². The first kappa shape index (κ1) is 20.2. The first-order valence-corrected chi connectivity index (χ1v) is 10.7. The van der Waals surface area contributed by atoms with Gasteiger partial charge in [-0.1, -0.05) is 19.1 Å². The molecule has 3 heterocycles. The van der Waals surface area contributed by atoms with E-state index in [-0.39, 0.29) is 5.82 Å². The van der Waals surface area contributed by atoms with Gasteiger partial charge in [-0.15, -0.1) is 5.10 Å². The molecule has 4 aromatic rings. The van der Waals surface area contributed by atoms with Gasteiger partial charge in [-0.05, 0) is 55.2 Å². The molecule has 5 rings (SSSR count). The Labute approximate surface area is 185 Å². The van der Waals surface area contributed by atoms with Crippen molar-refractivity contribution < 1.29 is 9.13 Å². The second-order valence-electron chi connectivity index (χ2n) is 8.25. The molecule has 7 nitrogen and oxygen atoms in total. The molecule has 2 aromatic heterocycles. The maximum absolute atomic E-state index is 14.1. The van der Waals surface area contributed by atoms with Crippen LogP contribution in [0, 0.1) is 11.7 Å². The first-order valence-electron chi connectivity index (χ1n) is 10.7. The second kappa shape index (κ2) is 8.11. The molecule has 1 aliphatic rings. The number of nitrogens with zero attached hydrogens (tertiary/aromatic N) is 5. The predicted molar refractivity (Wildman–Crippen MR) is 124 cm³/mol. The summed E-state index contributed by atoms with van der Waals surface area (Å²) in [5.41, 5.74) is 9.04. The number of methoxy groups -OCH3 is 1. The van der Waals surface area contributed by atoms with Crippen LogP contribution in [-0.4, -0.2) is 39.9 Å². The van der Waals surface area contributed by atoms with E-state index in [1.807, 2.05) is 30.3 Å². The van der Waals surface area contributed by atoms with Crippen molar-refractivity contribution in [2.24, 2.45) is 5.92 Å². The van der Waals surface area contributed by atoms with Crippen molar-refractivity contribution in [3.05, 3.63) is 54.3 Å². The van der Waals surface area contributed by atoms with Gasteiger partial charge in [-0.3, -0.25) is 0 Å². The topological polar surface area (TPSA) is 82.1 Å². The van der Waals surface area contributed by atoms with Crippen LogP contribution in [0.5, 0.6) is 5.75 Å². The number of hydrogen-bond acceptors (Lipinski definition) is 6. The Morgan fingerprint density at radius 2 is 1.81 bits per heavy atom. The molecule has 0 amide bonds. The Hall–Kier alpha value is -3.68. The molecule has 2 N–H and O–H groups in total. The molecular formula is C24H25FN6O. The van der Waals surface area contributed by atoms with Crippen molar-refractivity contribution in [2.75, 3.05) is 30.8 Å². The van der Waals surface area contributed by atoms with Gasteiger partial charge in [-0.25, -0.2) is 14.1 Å². The third kappa shape index (κ3) is 3.62. The number of piperidine rings is 1. The van der Waals surface area contributed by atoms with Crippen molar-refractivity contribution >= 4 is 22.8 Å². The standard InChI is InChI=1S/C24H25FN6O/c1-15-10-12-30(13-11-15)24-27-21(16-4-3-5-17(25)14-16)20-22(26)31(29-23(20)28-24)18-6-8-19(32-2)9-7-18/h3-9,14-15H,10-13,26H2,1-2H3. The lowest BCUT2D eigenvalue weighted by Crippen LogP contribution is -2.34. The summed E-state index contributed by atoms with van der Waals surface area (Å²) in [6.07, 6.45) is 2.16. The van der Waals surface area contributed by atoms with Gasteiger partial charge in [-0.2, -0.15) is 4.98 Å². The molecule has 2 aromatic carbocycles. The summed E-state index contributed by atoms with van der Waals surface area (Å²) in [6.45, 7) is 4.02. The average Bonchev–Trinajstić information content (AvgIpc) is 3.15. The Bertz CT molecular complexity index is 1260. The molecule has 0 spiro atoms. The van der Waals surface area contributed by atoms with Crippen LogP contribution in [0.25, 0.3) is 28.0 Å². The molecule has 164 valence electrons. The normalized spacial score (nSPS) is 14.8. The van der Waals surface area contributed by atoms with Gasteiger partial charge in [0.15, 0.2) is 5.65 Å². The van der Waals surface area contributed by atoms with E-state index in [0.717, 1.165) is 37.4 Å². The van der Waals surface area contributed by atoms with Crippen molar-refractivity contribution in [3.63, 3.8) is 0 Å². The maximum atomic E-state index is 14.1. The van der Waals surface area contributed by atoms with E-state index in [9.17, 15) is 4.39 Å². The summed E-state index contributed by atoms with van der Waals surface area (Å²) in [5.74, 6) is 2.10. The van der Waals surface area contributed by atoms with Gasteiger partial charge in [0.25, 0.3) is 0 Å². The Morgan fingerprint density at radius 1 is 1.06 bits per heavy atom. The van der Waals surface area contributed by atoms with Gasteiger partial charge >= 0.3 is 0 Å². The fraction of sp³-hybridized carbons (Fsp3) is 0.292. The van der Waals surface area contributed by atoms with E-state index in [1.54, 1.807) is 17.9 Å². The van der Waals surface area contributed by atoms with E-state index in [0.29, 0.717) is 40.0 Å². The predicted octanol–water partition coefficient (Wildman–Crippen LogP) is 4.45. The maximum Gasteiger partial charge on any atom is 0.228 e. The number of aromatic nitrogens is 4. The number of ether oxygens (including phenoxy) is 1. The number of halogens is 1. The fourth-order valence-corrected chi connectivity index (χ4v) is 4.12. The highest BCUT2D eigenvalue weighted by atomic mass is 19.1. The summed E-state index contributed by atoms with van der Waals surface area (Å²) < 4.78 is 21.0. The number of fused-ring (bicyclic) bond motifs is 1. The highest BCUT2D eigenvalue weighted by molar-refractivity contribution is 5.99. The lowest BCUT2D eigenvalue weighted by molar-refractivity contribution is 0.414. The molecule has 0 bridgehead atoms. The van der Waals surface area contributed by atoms with Crippen molar-refractivity contribution in [1.82, 2.24) is 19.7 Å². The zero-order chi connectivity index (χ0) is 22.2. The molecule has 1 saturated heterocycles. The molecule has 8 heteroatoms. The molecule has 0 aliphatic carbocycles. The molecular weight excluding hydrogens is 407 g/mol. The average molecular weight is 433 g/mol. The third-order valence-electron chi connectivity index (χ3n) is 6.04. The largest absolute Gasteiger partial charge is 0.497 e. The summed E-state index contributed by atoms with van der Waals surface area (Å²) in [4.78, 5) is 11.8. The van der Waals surface area contributed by atoms with Crippen molar-refractivity contribution in [1.29, 1.82) is 0 Å². The Morgan fingerprint density at radius 3 is 2.50 bits per heavy atom. The quantitative estimate of drug-likeness (QED) is 0.513. The fourth-order valence-electron chi connectivity index (χ4n) is 4.12. The monoisotopic (exact) mass is 432 g/mol. The van der Waals surface area contributed by atoms with Crippen LogP contribution in [0.1, 0.15) is 19.8 Å². The summed E-state index contributed by atoms with van der Waals surface area (Å²) in [6, 6.07) is 13.8. The van der Waals surface area contributed by atoms with Crippen LogP contribution >= 0.6 is 0 Å². The molecule has 0 saturated carbocycles.